The summed E-state index contributed by atoms with van der Waals surface area (Å²) in [5.74, 6) is -3.37. The van der Waals surface area contributed by atoms with E-state index in [0.29, 0.717) is 21.8 Å². The van der Waals surface area contributed by atoms with Gasteiger partial charge in [-0.2, -0.15) is 0 Å². The van der Waals surface area contributed by atoms with Crippen LogP contribution in [0, 0.1) is 0 Å². The van der Waals surface area contributed by atoms with Gasteiger partial charge in [-0.05, 0) is 26.0 Å². The highest BCUT2D eigenvalue weighted by molar-refractivity contribution is 6.09. The van der Waals surface area contributed by atoms with E-state index in [4.69, 9.17) is 18.9 Å². The van der Waals surface area contributed by atoms with E-state index in [0.717, 1.165) is 28.4 Å². The molecule has 2 heterocycles. The Bertz CT molecular complexity index is 1180. The molecule has 0 spiro atoms. The first-order valence-electron chi connectivity index (χ1n) is 10.1. The lowest BCUT2D eigenvalue weighted by Crippen LogP contribution is -2.43. The molecule has 10 heteroatoms. The zero-order valence-corrected chi connectivity index (χ0v) is 19.6. The summed E-state index contributed by atoms with van der Waals surface area (Å²) in [6.45, 7) is 2.71. The van der Waals surface area contributed by atoms with Crippen LogP contribution in [0.2, 0.25) is 0 Å². The number of methoxy groups -OCH3 is 4. The SMILES string of the molecule is COC(=O)C(C)(C(=O)OC)c1ccc2ccc3ccc(C(C)(C(=O)OC)C(=O)OC)nc3c2n1. The molecule has 0 N–H and O–H groups in total. The summed E-state index contributed by atoms with van der Waals surface area (Å²) in [6.07, 6.45) is 0. The smallest absolute Gasteiger partial charge is 0.329 e. The highest BCUT2D eigenvalue weighted by atomic mass is 16.6. The van der Waals surface area contributed by atoms with Crippen LogP contribution >= 0.6 is 0 Å². The molecule has 2 aromatic heterocycles. The number of rotatable bonds is 6. The predicted octanol–water partition coefficient (Wildman–Crippen LogP) is 1.99. The Hall–Kier alpha value is -4.08. The van der Waals surface area contributed by atoms with Gasteiger partial charge in [0.15, 0.2) is 0 Å². The van der Waals surface area contributed by atoms with Crippen molar-refractivity contribution in [2.75, 3.05) is 28.4 Å². The van der Waals surface area contributed by atoms with Crippen molar-refractivity contribution in [1.82, 2.24) is 9.97 Å². The van der Waals surface area contributed by atoms with Gasteiger partial charge in [0.2, 0.25) is 10.8 Å². The first kappa shape index (κ1) is 24.6. The molecule has 0 saturated heterocycles. The highest BCUT2D eigenvalue weighted by Crippen LogP contribution is 2.32. The lowest BCUT2D eigenvalue weighted by Gasteiger charge is -2.24. The van der Waals surface area contributed by atoms with Crippen LogP contribution in [0.4, 0.5) is 0 Å². The van der Waals surface area contributed by atoms with Crippen molar-refractivity contribution in [3.8, 4) is 0 Å². The molecule has 3 aromatic rings. The Kier molecular flexibility index (Phi) is 6.53. The molecule has 0 aliphatic heterocycles. The van der Waals surface area contributed by atoms with E-state index in [1.807, 2.05) is 0 Å². The van der Waals surface area contributed by atoms with Crippen LogP contribution in [0.3, 0.4) is 0 Å². The Labute approximate surface area is 195 Å². The van der Waals surface area contributed by atoms with Crippen LogP contribution in [0.5, 0.6) is 0 Å². The molecule has 1 aromatic carbocycles. The summed E-state index contributed by atoms with van der Waals surface area (Å²) in [4.78, 5) is 59.4. The number of hydrogen-bond donors (Lipinski definition) is 0. The molecule has 0 aliphatic carbocycles. The van der Waals surface area contributed by atoms with Gasteiger partial charge in [-0.15, -0.1) is 0 Å². The fourth-order valence-corrected chi connectivity index (χ4v) is 3.73. The normalized spacial score (nSPS) is 11.7. The Morgan fingerprint density at radius 2 is 0.824 bits per heavy atom. The van der Waals surface area contributed by atoms with Gasteiger partial charge in [-0.3, -0.25) is 19.2 Å². The average molecular weight is 468 g/mol. The first-order valence-corrected chi connectivity index (χ1v) is 10.1. The van der Waals surface area contributed by atoms with Crippen molar-refractivity contribution < 1.29 is 38.1 Å². The number of esters is 4. The van der Waals surface area contributed by atoms with Crippen LogP contribution in [0.15, 0.2) is 36.4 Å². The van der Waals surface area contributed by atoms with Gasteiger partial charge >= 0.3 is 23.9 Å². The maximum atomic E-state index is 12.6. The molecule has 178 valence electrons. The Balaban J connectivity index is 2.35. The first-order chi connectivity index (χ1) is 16.1. The molecule has 0 aliphatic rings. The third-order valence-corrected chi connectivity index (χ3v) is 5.92. The number of aromatic nitrogens is 2. The molecule has 0 radical (unpaired) electrons. The van der Waals surface area contributed by atoms with Crippen molar-refractivity contribution in [2.45, 2.75) is 24.7 Å². The van der Waals surface area contributed by atoms with Gasteiger partial charge in [0.1, 0.15) is 0 Å². The maximum Gasteiger partial charge on any atom is 0.329 e. The average Bonchev–Trinajstić information content (AvgIpc) is 2.89. The lowest BCUT2D eigenvalue weighted by molar-refractivity contribution is -0.162. The minimum Gasteiger partial charge on any atom is -0.468 e. The van der Waals surface area contributed by atoms with Crippen LogP contribution in [-0.2, 0) is 49.0 Å². The largest absolute Gasteiger partial charge is 0.468 e. The van der Waals surface area contributed by atoms with Crippen LogP contribution in [0.1, 0.15) is 25.2 Å². The van der Waals surface area contributed by atoms with Gasteiger partial charge in [-0.1, -0.05) is 24.3 Å². The zero-order valence-electron chi connectivity index (χ0n) is 19.6. The summed E-state index contributed by atoms with van der Waals surface area (Å²) >= 11 is 0. The number of benzene rings is 1. The minimum absolute atomic E-state index is 0.0853. The van der Waals surface area contributed by atoms with E-state index in [-0.39, 0.29) is 11.4 Å². The topological polar surface area (TPSA) is 131 Å². The minimum atomic E-state index is -1.83. The second-order valence-corrected chi connectivity index (χ2v) is 7.82. The van der Waals surface area contributed by atoms with Gasteiger partial charge in [0, 0.05) is 10.8 Å². The summed E-state index contributed by atoms with van der Waals surface area (Å²) in [6, 6.07) is 10.00. The van der Waals surface area contributed by atoms with E-state index in [9.17, 15) is 19.2 Å². The van der Waals surface area contributed by atoms with Crippen LogP contribution in [-0.4, -0.2) is 62.3 Å². The third kappa shape index (κ3) is 3.60. The molecule has 3 rings (SSSR count). The van der Waals surface area contributed by atoms with E-state index < -0.39 is 34.7 Å². The fourth-order valence-electron chi connectivity index (χ4n) is 3.73. The number of ether oxygens (including phenoxy) is 4. The third-order valence-electron chi connectivity index (χ3n) is 5.92. The molecule has 0 amide bonds. The lowest BCUT2D eigenvalue weighted by atomic mass is 9.85. The van der Waals surface area contributed by atoms with E-state index >= 15 is 0 Å². The molecule has 10 nitrogen and oxygen atoms in total. The second kappa shape index (κ2) is 9.05. The van der Waals surface area contributed by atoms with E-state index in [1.165, 1.54) is 26.0 Å². The molecule has 0 fully saturated rings. The highest BCUT2D eigenvalue weighted by Gasteiger charge is 2.48. The molecule has 34 heavy (non-hydrogen) atoms. The van der Waals surface area contributed by atoms with Crippen molar-refractivity contribution >= 4 is 45.7 Å². The number of fused-ring (bicyclic) bond motifs is 3. The number of nitrogens with zero attached hydrogens (tertiary/aromatic N) is 2. The summed E-state index contributed by atoms with van der Waals surface area (Å²) in [5, 5.41) is 1.30. The Morgan fingerprint density at radius 3 is 1.09 bits per heavy atom. The summed E-state index contributed by atoms with van der Waals surface area (Å²) in [7, 11) is 4.64. The summed E-state index contributed by atoms with van der Waals surface area (Å²) < 4.78 is 19.3. The van der Waals surface area contributed by atoms with Crippen molar-refractivity contribution in [3.05, 3.63) is 47.8 Å². The van der Waals surface area contributed by atoms with Crippen molar-refractivity contribution in [3.63, 3.8) is 0 Å². The quantitative estimate of drug-likeness (QED) is 0.229. The fraction of sp³-hybridized carbons (Fsp3) is 0.333. The van der Waals surface area contributed by atoms with Gasteiger partial charge < -0.3 is 18.9 Å². The Morgan fingerprint density at radius 1 is 0.559 bits per heavy atom. The van der Waals surface area contributed by atoms with Gasteiger partial charge in [0.05, 0.1) is 50.9 Å². The number of pyridine rings is 2. The van der Waals surface area contributed by atoms with Crippen LogP contribution in [0.25, 0.3) is 21.8 Å². The van der Waals surface area contributed by atoms with E-state index in [1.54, 1.807) is 24.3 Å². The van der Waals surface area contributed by atoms with Crippen molar-refractivity contribution in [2.24, 2.45) is 0 Å². The predicted molar refractivity (Wildman–Crippen MR) is 120 cm³/mol. The maximum absolute atomic E-state index is 12.6. The molecule has 0 atom stereocenters. The second-order valence-electron chi connectivity index (χ2n) is 7.82. The standard InChI is InChI=1S/C24H24N2O8/c1-23(19(27)31-3,20(28)32-4)15-11-9-13-7-8-14-10-12-16(26-18(14)17(13)25-15)24(2,21(29)33-5)22(30)34-6/h7-12H,1-6H3. The number of carbonyl (C=O) groups excluding carboxylic acids is 4. The molecule has 0 saturated carbocycles. The zero-order chi connectivity index (χ0) is 25.3. The summed E-state index contributed by atoms with van der Waals surface area (Å²) in [5.41, 5.74) is -2.81. The number of carbonyl (C=O) groups is 4. The monoisotopic (exact) mass is 468 g/mol. The molecular weight excluding hydrogens is 444 g/mol. The van der Waals surface area contributed by atoms with Crippen molar-refractivity contribution in [1.29, 1.82) is 0 Å². The molecule has 0 bridgehead atoms. The number of hydrogen-bond acceptors (Lipinski definition) is 10. The van der Waals surface area contributed by atoms with Gasteiger partial charge in [0.25, 0.3) is 0 Å². The molecule has 0 unspecified atom stereocenters. The van der Waals surface area contributed by atoms with E-state index in [2.05, 4.69) is 9.97 Å². The van der Waals surface area contributed by atoms with Gasteiger partial charge in [-0.25, -0.2) is 9.97 Å². The van der Waals surface area contributed by atoms with Crippen LogP contribution < -0.4 is 0 Å². The molecular formula is C24H24N2O8.